The normalized spacial score (nSPS) is 20.3. The van der Waals surface area contributed by atoms with Gasteiger partial charge in [0.2, 0.25) is 5.88 Å². The molecular formula is C18H22N2O5. The molecule has 0 unspecified atom stereocenters. The minimum Gasteiger partial charge on any atom is -0.493 e. The van der Waals surface area contributed by atoms with Crippen LogP contribution in [-0.4, -0.2) is 41.4 Å². The number of nitrogens with zero attached hydrogens (tertiary/aromatic N) is 2. The van der Waals surface area contributed by atoms with Gasteiger partial charge in [0.1, 0.15) is 5.82 Å². The fraction of sp³-hybridized carbons (Fsp3) is 0.500. The molecule has 0 radical (unpaired) electrons. The third-order valence-corrected chi connectivity index (χ3v) is 4.58. The number of carbonyl (C=O) groups is 1. The van der Waals surface area contributed by atoms with Crippen molar-refractivity contribution in [1.29, 1.82) is 0 Å². The molecule has 2 aromatic rings. The zero-order valence-electron chi connectivity index (χ0n) is 14.6. The first-order valence-electron chi connectivity index (χ1n) is 8.31. The number of rotatable bonds is 4. The van der Waals surface area contributed by atoms with E-state index in [0.717, 1.165) is 25.7 Å². The quantitative estimate of drug-likeness (QED) is 0.851. The highest BCUT2D eigenvalue weighted by molar-refractivity contribution is 5.86. The van der Waals surface area contributed by atoms with Gasteiger partial charge in [-0.15, -0.1) is 0 Å². The van der Waals surface area contributed by atoms with Crippen LogP contribution in [-0.2, 0) is 9.53 Å². The molecule has 7 nitrogen and oxygen atoms in total. The van der Waals surface area contributed by atoms with E-state index < -0.39 is 0 Å². The number of hydrogen-bond donors (Lipinski definition) is 1. The van der Waals surface area contributed by atoms with Crippen LogP contribution in [0, 0.1) is 12.8 Å². The van der Waals surface area contributed by atoms with Crippen LogP contribution in [0.5, 0.6) is 17.4 Å². The Kier molecular flexibility index (Phi) is 4.92. The van der Waals surface area contributed by atoms with E-state index in [1.54, 1.807) is 26.2 Å². The summed E-state index contributed by atoms with van der Waals surface area (Å²) in [6, 6.07) is 3.44. The van der Waals surface area contributed by atoms with Gasteiger partial charge in [-0.3, -0.25) is 4.79 Å². The van der Waals surface area contributed by atoms with Crippen LogP contribution < -0.4 is 9.47 Å². The molecule has 1 aliphatic rings. The topological polar surface area (TPSA) is 90.8 Å². The van der Waals surface area contributed by atoms with Gasteiger partial charge in [-0.1, -0.05) is 0 Å². The molecule has 3 rings (SSSR count). The predicted octanol–water partition coefficient (Wildman–Crippen LogP) is 2.76. The van der Waals surface area contributed by atoms with Crippen molar-refractivity contribution in [2.75, 3.05) is 14.2 Å². The Bertz CT molecular complexity index is 785. The van der Waals surface area contributed by atoms with Gasteiger partial charge >= 0.3 is 5.97 Å². The van der Waals surface area contributed by atoms with Crippen molar-refractivity contribution in [2.45, 2.75) is 38.7 Å². The second-order valence-corrected chi connectivity index (χ2v) is 6.23. The van der Waals surface area contributed by atoms with Crippen LogP contribution in [0.3, 0.4) is 0 Å². The number of hydrogen-bond acceptors (Lipinski definition) is 7. The molecular weight excluding hydrogens is 324 g/mol. The summed E-state index contributed by atoms with van der Waals surface area (Å²) in [4.78, 5) is 19.9. The average Bonchev–Trinajstić information content (AvgIpc) is 2.61. The zero-order chi connectivity index (χ0) is 18.0. The first-order chi connectivity index (χ1) is 12.0. The fourth-order valence-corrected chi connectivity index (χ4v) is 3.25. The summed E-state index contributed by atoms with van der Waals surface area (Å²) in [6.45, 7) is 1.72. The Morgan fingerprint density at radius 1 is 1.12 bits per heavy atom. The summed E-state index contributed by atoms with van der Waals surface area (Å²) >= 11 is 0. The molecule has 0 aliphatic heterocycles. The highest BCUT2D eigenvalue weighted by atomic mass is 16.5. The van der Waals surface area contributed by atoms with Gasteiger partial charge < -0.3 is 19.3 Å². The number of ether oxygens (including phenoxy) is 3. The predicted molar refractivity (Wildman–Crippen MR) is 90.9 cm³/mol. The van der Waals surface area contributed by atoms with Gasteiger partial charge in [0.15, 0.2) is 11.5 Å². The number of methoxy groups -OCH3 is 2. The second kappa shape index (κ2) is 7.13. The van der Waals surface area contributed by atoms with E-state index in [-0.39, 0.29) is 23.9 Å². The van der Waals surface area contributed by atoms with Crippen molar-refractivity contribution >= 4 is 16.9 Å². The van der Waals surface area contributed by atoms with Gasteiger partial charge in [0, 0.05) is 6.07 Å². The third-order valence-electron chi connectivity index (χ3n) is 4.58. The molecule has 134 valence electrons. The molecule has 25 heavy (non-hydrogen) atoms. The number of carbonyl (C=O) groups excluding carboxylic acids is 1. The van der Waals surface area contributed by atoms with Crippen molar-refractivity contribution in [2.24, 2.45) is 5.92 Å². The highest BCUT2D eigenvalue weighted by Crippen LogP contribution is 2.37. The molecule has 1 saturated carbocycles. The van der Waals surface area contributed by atoms with Gasteiger partial charge in [-0.2, -0.15) is 4.98 Å². The summed E-state index contributed by atoms with van der Waals surface area (Å²) in [7, 11) is 2.98. The van der Waals surface area contributed by atoms with Crippen molar-refractivity contribution < 1.29 is 24.1 Å². The van der Waals surface area contributed by atoms with Crippen molar-refractivity contribution in [3.05, 3.63) is 18.0 Å². The second-order valence-electron chi connectivity index (χ2n) is 6.23. The zero-order valence-corrected chi connectivity index (χ0v) is 14.6. The van der Waals surface area contributed by atoms with Crippen molar-refractivity contribution in [3.63, 3.8) is 0 Å². The van der Waals surface area contributed by atoms with E-state index in [0.29, 0.717) is 28.2 Å². The van der Waals surface area contributed by atoms with Gasteiger partial charge in [-0.05, 0) is 38.7 Å². The van der Waals surface area contributed by atoms with E-state index >= 15 is 0 Å². The van der Waals surface area contributed by atoms with Crippen LogP contribution in [0.25, 0.3) is 10.9 Å². The first-order valence-corrected chi connectivity index (χ1v) is 8.31. The summed E-state index contributed by atoms with van der Waals surface area (Å²) in [5, 5.41) is 10.6. The van der Waals surface area contributed by atoms with Gasteiger partial charge in [0.25, 0.3) is 0 Å². The molecule has 1 aromatic carbocycles. The van der Waals surface area contributed by atoms with Crippen LogP contribution in [0.15, 0.2) is 12.1 Å². The minimum atomic E-state index is -0.154. The number of fused-ring (bicyclic) bond motifs is 1. The fourth-order valence-electron chi connectivity index (χ4n) is 3.25. The van der Waals surface area contributed by atoms with E-state index in [9.17, 15) is 9.90 Å². The van der Waals surface area contributed by atoms with Gasteiger partial charge in [0.05, 0.1) is 37.1 Å². The molecule has 0 atom stereocenters. The Morgan fingerprint density at radius 3 is 2.48 bits per heavy atom. The summed E-state index contributed by atoms with van der Waals surface area (Å²) < 4.78 is 16.3. The largest absolute Gasteiger partial charge is 0.493 e. The molecule has 7 heteroatoms. The summed E-state index contributed by atoms with van der Waals surface area (Å²) in [5.74, 6) is 1.30. The van der Waals surface area contributed by atoms with Gasteiger partial charge in [-0.25, -0.2) is 4.98 Å². The third kappa shape index (κ3) is 3.60. The number of benzene rings is 1. The Morgan fingerprint density at radius 2 is 1.84 bits per heavy atom. The molecule has 1 N–H and O–H groups in total. The lowest BCUT2D eigenvalue weighted by Crippen LogP contribution is -2.28. The lowest BCUT2D eigenvalue weighted by Gasteiger charge is -2.28. The van der Waals surface area contributed by atoms with Crippen LogP contribution in [0.2, 0.25) is 0 Å². The van der Waals surface area contributed by atoms with E-state index in [1.807, 2.05) is 0 Å². The maximum Gasteiger partial charge on any atom is 0.308 e. The number of aromatic nitrogens is 2. The highest BCUT2D eigenvalue weighted by Gasteiger charge is 2.28. The smallest absolute Gasteiger partial charge is 0.308 e. The van der Waals surface area contributed by atoms with Crippen molar-refractivity contribution in [1.82, 2.24) is 9.97 Å². The standard InChI is InChI=1S/C18H22N2O5/c1-10-19-14-9-15(23-2)16(8-13(14)17(21)20-10)25-12-6-4-11(5-7-12)18(22)24-3/h8-9,11-12H,4-7H2,1-3H3,(H,19,20,21)/t11-,12-. The lowest BCUT2D eigenvalue weighted by molar-refractivity contribution is -0.147. The molecule has 1 fully saturated rings. The van der Waals surface area contributed by atoms with Crippen molar-refractivity contribution in [3.8, 4) is 17.4 Å². The maximum absolute atomic E-state index is 11.6. The molecule has 0 bridgehead atoms. The molecule has 1 aliphatic carbocycles. The van der Waals surface area contributed by atoms with Crippen LogP contribution in [0.4, 0.5) is 0 Å². The molecule has 0 amide bonds. The van der Waals surface area contributed by atoms with E-state index in [2.05, 4.69) is 9.97 Å². The van der Waals surface area contributed by atoms with Crippen LogP contribution in [0.1, 0.15) is 31.5 Å². The number of aromatic hydroxyl groups is 1. The SMILES string of the molecule is COc1cc2nc(C)nc(O)c2cc1O[C@H]1CC[C@H](C(=O)OC)CC1. The maximum atomic E-state index is 11.6. The number of esters is 1. The summed E-state index contributed by atoms with van der Waals surface area (Å²) in [6.07, 6.45) is 2.98. The molecule has 1 heterocycles. The lowest BCUT2D eigenvalue weighted by atomic mass is 9.87. The van der Waals surface area contributed by atoms with E-state index in [4.69, 9.17) is 14.2 Å². The summed E-state index contributed by atoms with van der Waals surface area (Å²) in [5.41, 5.74) is 0.601. The molecule has 0 spiro atoms. The Hall–Kier alpha value is -2.57. The van der Waals surface area contributed by atoms with Crippen LogP contribution >= 0.6 is 0 Å². The number of aryl methyl sites for hydroxylation is 1. The molecule has 0 saturated heterocycles. The monoisotopic (exact) mass is 346 g/mol. The molecule has 1 aromatic heterocycles. The first kappa shape index (κ1) is 17.3. The van der Waals surface area contributed by atoms with E-state index in [1.165, 1.54) is 7.11 Å². The minimum absolute atomic E-state index is 0.0132. The Balaban J connectivity index is 1.80. The average molecular weight is 346 g/mol. The Labute approximate surface area is 145 Å².